The van der Waals surface area contributed by atoms with Crippen LogP contribution < -0.4 is 10.9 Å². The average Bonchev–Trinajstić information content (AvgIpc) is 3.38. The number of halogens is 3. The largest absolute Gasteiger partial charge is 0.444 e. The molecule has 1 aliphatic heterocycles. The molecule has 192 valence electrons. The first-order chi connectivity index (χ1) is 16.8. The maximum atomic E-state index is 13.8. The summed E-state index contributed by atoms with van der Waals surface area (Å²) in [6.45, 7) is 7.20. The van der Waals surface area contributed by atoms with Gasteiger partial charge in [-0.05, 0) is 39.7 Å². The van der Waals surface area contributed by atoms with E-state index in [4.69, 9.17) is 4.74 Å². The Morgan fingerprint density at radius 1 is 1.17 bits per heavy atom. The zero-order valence-corrected chi connectivity index (χ0v) is 20.2. The van der Waals surface area contributed by atoms with Gasteiger partial charge in [-0.2, -0.15) is 22.8 Å². The van der Waals surface area contributed by atoms with Gasteiger partial charge < -0.3 is 19.9 Å². The zero-order chi connectivity index (χ0) is 26.4. The van der Waals surface area contributed by atoms with Gasteiger partial charge in [0.25, 0.3) is 11.5 Å². The molecule has 12 heteroatoms. The summed E-state index contributed by atoms with van der Waals surface area (Å²) in [5, 5.41) is 6.24. The van der Waals surface area contributed by atoms with Crippen molar-refractivity contribution in [3.63, 3.8) is 0 Å². The number of fused-ring (bicyclic) bond motifs is 1. The zero-order valence-electron chi connectivity index (χ0n) is 20.2. The number of alkyl halides is 3. The number of benzene rings is 1. The van der Waals surface area contributed by atoms with E-state index in [1.165, 1.54) is 24.0 Å². The van der Waals surface area contributed by atoms with Gasteiger partial charge in [-0.25, -0.2) is 4.79 Å². The van der Waals surface area contributed by atoms with Crippen LogP contribution in [0.3, 0.4) is 0 Å². The highest BCUT2D eigenvalue weighted by Crippen LogP contribution is 2.38. The van der Waals surface area contributed by atoms with Crippen LogP contribution in [0.15, 0.2) is 35.1 Å². The lowest BCUT2D eigenvalue weighted by Gasteiger charge is -2.24. The average molecular weight is 505 g/mol. The van der Waals surface area contributed by atoms with Gasteiger partial charge in [0.1, 0.15) is 16.8 Å². The first-order valence-corrected chi connectivity index (χ1v) is 11.3. The van der Waals surface area contributed by atoms with Crippen molar-refractivity contribution in [1.29, 1.82) is 0 Å². The molecule has 1 aromatic carbocycles. The van der Waals surface area contributed by atoms with Gasteiger partial charge in [-0.3, -0.25) is 9.59 Å². The van der Waals surface area contributed by atoms with Crippen LogP contribution in [0, 0.1) is 6.92 Å². The maximum Gasteiger partial charge on any atom is 0.435 e. The molecule has 3 heterocycles. The van der Waals surface area contributed by atoms with Crippen molar-refractivity contribution in [2.75, 3.05) is 13.1 Å². The third kappa shape index (κ3) is 4.93. The normalized spacial score (nSPS) is 16.4. The Morgan fingerprint density at radius 3 is 2.44 bits per heavy atom. The Bertz CT molecular complexity index is 1370. The van der Waals surface area contributed by atoms with E-state index < -0.39 is 41.1 Å². The number of rotatable bonds is 3. The number of aryl methyl sites for hydroxylation is 1. The number of likely N-dealkylation sites (tertiary alicyclic amines) is 1. The predicted molar refractivity (Wildman–Crippen MR) is 125 cm³/mol. The van der Waals surface area contributed by atoms with Crippen molar-refractivity contribution < 1.29 is 27.5 Å². The fraction of sp³-hybridized carbons (Fsp3) is 0.417. The molecule has 2 N–H and O–H groups in total. The Kier molecular flexibility index (Phi) is 6.31. The molecule has 1 atom stereocenters. The van der Waals surface area contributed by atoms with Crippen LogP contribution in [-0.2, 0) is 10.9 Å². The highest BCUT2D eigenvalue weighted by Gasteiger charge is 2.40. The van der Waals surface area contributed by atoms with E-state index in [9.17, 15) is 27.6 Å². The Balaban J connectivity index is 1.66. The quantitative estimate of drug-likeness (QED) is 0.564. The minimum absolute atomic E-state index is 0.0952. The summed E-state index contributed by atoms with van der Waals surface area (Å²) in [7, 11) is 0. The van der Waals surface area contributed by atoms with E-state index >= 15 is 0 Å². The number of ether oxygens (including phenoxy) is 1. The molecular formula is C24H26F3N5O4. The molecule has 0 bridgehead atoms. The third-order valence-electron chi connectivity index (χ3n) is 5.71. The molecule has 3 aromatic rings. The van der Waals surface area contributed by atoms with Crippen molar-refractivity contribution in [1.82, 2.24) is 24.8 Å². The van der Waals surface area contributed by atoms with Crippen LogP contribution in [-0.4, -0.2) is 56.2 Å². The highest BCUT2D eigenvalue weighted by atomic mass is 19.4. The lowest BCUT2D eigenvalue weighted by molar-refractivity contribution is -0.140. The van der Waals surface area contributed by atoms with Crippen molar-refractivity contribution in [2.24, 2.45) is 0 Å². The highest BCUT2D eigenvalue weighted by molar-refractivity contribution is 5.95. The number of hydrogen-bond acceptors (Lipinski definition) is 5. The van der Waals surface area contributed by atoms with Gasteiger partial charge in [-0.15, -0.1) is 0 Å². The molecule has 2 aromatic heterocycles. The van der Waals surface area contributed by atoms with Crippen molar-refractivity contribution >= 4 is 17.6 Å². The van der Waals surface area contributed by atoms with E-state index in [2.05, 4.69) is 15.4 Å². The fourth-order valence-corrected chi connectivity index (χ4v) is 4.16. The van der Waals surface area contributed by atoms with Crippen LogP contribution in [0.4, 0.5) is 18.0 Å². The van der Waals surface area contributed by atoms with E-state index in [0.717, 1.165) is 0 Å². The van der Waals surface area contributed by atoms with Crippen LogP contribution >= 0.6 is 0 Å². The predicted octanol–water partition coefficient (Wildman–Crippen LogP) is 3.76. The van der Waals surface area contributed by atoms with Gasteiger partial charge >= 0.3 is 12.3 Å². The molecular weight excluding hydrogens is 479 g/mol. The standard InChI is InChI=1S/C24H26F3N5O4/c1-13-16(20(33)29-15-10-11-31(12-15)22(35)36-23(2,3)4)21(34)32-19(28-13)17(14-8-6-5-7-9-14)18(30-32)24(25,26)27/h5-9,15,28H,10-12H2,1-4H3,(H,29,33). The topological polar surface area (TPSA) is 109 Å². The molecule has 36 heavy (non-hydrogen) atoms. The number of carbonyl (C=O) groups excluding carboxylic acids is 2. The Hall–Kier alpha value is -3.83. The number of aromatic nitrogens is 3. The van der Waals surface area contributed by atoms with E-state index in [1.807, 2.05) is 0 Å². The maximum absolute atomic E-state index is 13.8. The van der Waals surface area contributed by atoms with Crippen molar-refractivity contribution in [3.8, 4) is 11.1 Å². The number of nitrogens with zero attached hydrogens (tertiary/aromatic N) is 3. The molecule has 1 aliphatic rings. The van der Waals surface area contributed by atoms with Gasteiger partial charge in [-0.1, -0.05) is 30.3 Å². The Labute approximate surface area is 204 Å². The summed E-state index contributed by atoms with van der Waals surface area (Å²) < 4.78 is 47.4. The van der Waals surface area contributed by atoms with Crippen molar-refractivity contribution in [3.05, 3.63) is 57.6 Å². The van der Waals surface area contributed by atoms with E-state index in [-0.39, 0.29) is 34.6 Å². The summed E-state index contributed by atoms with van der Waals surface area (Å²) in [5.41, 5.74) is -3.36. The van der Waals surface area contributed by atoms with Crippen LogP contribution in [0.5, 0.6) is 0 Å². The number of amides is 2. The number of aromatic amines is 1. The monoisotopic (exact) mass is 505 g/mol. The number of carbonyl (C=O) groups is 2. The summed E-state index contributed by atoms with van der Waals surface area (Å²) >= 11 is 0. The molecule has 0 saturated carbocycles. The molecule has 1 saturated heterocycles. The van der Waals surface area contributed by atoms with Crippen molar-refractivity contribution in [2.45, 2.75) is 51.9 Å². The molecule has 0 aliphatic carbocycles. The van der Waals surface area contributed by atoms with Gasteiger partial charge in [0.15, 0.2) is 5.69 Å². The molecule has 1 unspecified atom stereocenters. The van der Waals surface area contributed by atoms with Crippen LogP contribution in [0.2, 0.25) is 0 Å². The minimum atomic E-state index is -4.83. The second-order valence-corrected chi connectivity index (χ2v) is 9.66. The first kappa shape index (κ1) is 25.3. The second kappa shape index (κ2) is 8.99. The summed E-state index contributed by atoms with van der Waals surface area (Å²) in [6.07, 6.45) is -4.91. The molecule has 2 amide bonds. The number of H-pyrrole nitrogens is 1. The second-order valence-electron chi connectivity index (χ2n) is 9.66. The first-order valence-electron chi connectivity index (χ1n) is 11.3. The number of nitrogens with one attached hydrogen (secondary N) is 2. The number of hydrogen-bond donors (Lipinski definition) is 2. The lowest BCUT2D eigenvalue weighted by atomic mass is 10.1. The third-order valence-corrected chi connectivity index (χ3v) is 5.71. The summed E-state index contributed by atoms with van der Waals surface area (Å²) in [5.74, 6) is -0.767. The molecule has 4 rings (SSSR count). The van der Waals surface area contributed by atoms with Gasteiger partial charge in [0.05, 0.1) is 5.56 Å². The lowest BCUT2D eigenvalue weighted by Crippen LogP contribution is -2.42. The van der Waals surface area contributed by atoms with E-state index in [0.29, 0.717) is 17.5 Å². The molecule has 1 fully saturated rings. The smallest absolute Gasteiger partial charge is 0.435 e. The minimum Gasteiger partial charge on any atom is -0.444 e. The van der Waals surface area contributed by atoms with Crippen LogP contribution in [0.25, 0.3) is 16.8 Å². The summed E-state index contributed by atoms with van der Waals surface area (Å²) in [4.78, 5) is 42.7. The molecule has 0 spiro atoms. The Morgan fingerprint density at radius 2 is 1.83 bits per heavy atom. The molecule has 9 nitrogen and oxygen atoms in total. The molecule has 0 radical (unpaired) electrons. The SMILES string of the molecule is Cc1[nH]c2c(-c3ccccc3)c(C(F)(F)F)nn2c(=O)c1C(=O)NC1CCN(C(=O)OC(C)(C)C)C1. The van der Waals surface area contributed by atoms with Gasteiger partial charge in [0, 0.05) is 24.8 Å². The fourth-order valence-electron chi connectivity index (χ4n) is 4.16. The van der Waals surface area contributed by atoms with E-state index in [1.54, 1.807) is 39.0 Å². The summed E-state index contributed by atoms with van der Waals surface area (Å²) in [6, 6.07) is 7.32. The van der Waals surface area contributed by atoms with Crippen LogP contribution in [0.1, 0.15) is 48.9 Å². The van der Waals surface area contributed by atoms with Gasteiger partial charge in [0.2, 0.25) is 0 Å².